The average molecular weight is 535 g/mol. The summed E-state index contributed by atoms with van der Waals surface area (Å²) >= 11 is 0. The summed E-state index contributed by atoms with van der Waals surface area (Å²) in [5.74, 6) is 0.789. The lowest BCUT2D eigenvalue weighted by Gasteiger charge is -2.34. The summed E-state index contributed by atoms with van der Waals surface area (Å²) in [4.78, 5) is 2.37. The molecule has 0 aliphatic rings. The molecule has 0 aliphatic carbocycles. The van der Waals surface area contributed by atoms with Crippen LogP contribution in [0.2, 0.25) is 0 Å². The van der Waals surface area contributed by atoms with E-state index < -0.39 is 0 Å². The number of phenolic OH excluding ortho intramolecular Hbond substituents is 2. The van der Waals surface area contributed by atoms with Gasteiger partial charge in [0.25, 0.3) is 0 Å². The molecule has 0 amide bonds. The van der Waals surface area contributed by atoms with E-state index in [0.29, 0.717) is 11.5 Å². The van der Waals surface area contributed by atoms with Gasteiger partial charge in [0, 0.05) is 13.0 Å². The molecule has 0 saturated heterocycles. The number of quaternary nitrogens is 1. The summed E-state index contributed by atoms with van der Waals surface area (Å²) in [5, 5.41) is 29.5. The number of unbranched alkanes of at least 4 members (excludes halogenated alkanes) is 8. The van der Waals surface area contributed by atoms with E-state index in [-0.39, 0.29) is 19.0 Å². The molecule has 2 aromatic carbocycles. The number of aliphatic hydroxyl groups excluding tert-OH is 1. The van der Waals surface area contributed by atoms with Crippen LogP contribution in [0.25, 0.3) is 0 Å². The average Bonchev–Trinajstić information content (AvgIpc) is 2.86. The van der Waals surface area contributed by atoms with Crippen LogP contribution in [0, 0.1) is 0 Å². The van der Waals surface area contributed by atoms with Gasteiger partial charge in [-0.05, 0) is 62.5 Å². The molecule has 0 radical (unpaired) electrons. The number of phenols is 2. The maximum Gasteiger partial charge on any atom is 0.118 e. The first-order valence-corrected chi connectivity index (χ1v) is 14.1. The van der Waals surface area contributed by atoms with Gasteiger partial charge in [-0.3, -0.25) is 0 Å². The van der Waals surface area contributed by atoms with Crippen molar-refractivity contribution in [2.45, 2.75) is 70.6 Å². The van der Waals surface area contributed by atoms with Crippen molar-refractivity contribution in [1.29, 1.82) is 0 Å². The number of aliphatic hydroxyl groups is 1. The van der Waals surface area contributed by atoms with Gasteiger partial charge >= 0.3 is 0 Å². The first-order valence-electron chi connectivity index (χ1n) is 14.1. The van der Waals surface area contributed by atoms with Gasteiger partial charge in [-0.15, -0.1) is 0 Å². The highest BCUT2D eigenvalue weighted by molar-refractivity contribution is 5.32. The van der Waals surface area contributed by atoms with Gasteiger partial charge < -0.3 is 37.1 Å². The predicted octanol–water partition coefficient (Wildman–Crippen LogP) is 2.77. The largest absolute Gasteiger partial charge is 1.00 e. The van der Waals surface area contributed by atoms with Crippen molar-refractivity contribution < 1.29 is 32.2 Å². The molecule has 0 aromatic heterocycles. The molecule has 6 heteroatoms. The first-order chi connectivity index (χ1) is 17.4. The minimum atomic E-state index is 0. The van der Waals surface area contributed by atoms with Crippen molar-refractivity contribution in [3.05, 3.63) is 59.7 Å². The Kier molecular flexibility index (Phi) is 17.3. The topological polar surface area (TPSA) is 63.9 Å². The quantitative estimate of drug-likeness (QED) is 0.180. The summed E-state index contributed by atoms with van der Waals surface area (Å²) in [7, 11) is 4.41. The van der Waals surface area contributed by atoms with Crippen LogP contribution in [0.3, 0.4) is 0 Å². The van der Waals surface area contributed by atoms with Crippen molar-refractivity contribution in [2.24, 2.45) is 0 Å². The van der Waals surface area contributed by atoms with Crippen LogP contribution in [0.1, 0.15) is 68.9 Å². The summed E-state index contributed by atoms with van der Waals surface area (Å²) in [6, 6.07) is 15.2. The van der Waals surface area contributed by atoms with Crippen LogP contribution >= 0.6 is 0 Å². The maximum absolute atomic E-state index is 10.0. The van der Waals surface area contributed by atoms with Crippen molar-refractivity contribution in [3.63, 3.8) is 0 Å². The second-order valence-electron chi connectivity index (χ2n) is 10.8. The van der Waals surface area contributed by atoms with E-state index in [4.69, 9.17) is 0 Å². The normalized spacial score (nSPS) is 12.9. The minimum Gasteiger partial charge on any atom is -1.00 e. The van der Waals surface area contributed by atoms with Gasteiger partial charge in [-0.1, -0.05) is 74.9 Å². The molecular weight excluding hydrogens is 484 g/mol. The van der Waals surface area contributed by atoms with Gasteiger partial charge in [-0.2, -0.15) is 0 Å². The molecule has 0 fully saturated rings. The lowest BCUT2D eigenvalue weighted by atomic mass is 10.1. The SMILES string of the molecule is CN(CCCCCCCCCCC[N+](C)(CCO)CCc1ccccc1O)CCc1ccccc1O.[Cl-]. The molecule has 0 heterocycles. The molecule has 0 saturated carbocycles. The number of likely N-dealkylation sites (N-methyl/N-ethyl adjacent to an activating group) is 2. The fourth-order valence-corrected chi connectivity index (χ4v) is 4.95. The number of rotatable bonds is 20. The van der Waals surface area contributed by atoms with Crippen LogP contribution in [-0.4, -0.2) is 78.1 Å². The van der Waals surface area contributed by atoms with E-state index in [1.807, 2.05) is 36.4 Å². The van der Waals surface area contributed by atoms with Crippen LogP contribution in [0.4, 0.5) is 0 Å². The van der Waals surface area contributed by atoms with E-state index in [9.17, 15) is 15.3 Å². The Hall–Kier alpha value is -1.79. The smallest absolute Gasteiger partial charge is 0.118 e. The van der Waals surface area contributed by atoms with Gasteiger partial charge in [0.15, 0.2) is 0 Å². The first kappa shape index (κ1) is 33.2. The fraction of sp³-hybridized carbons (Fsp3) is 0.613. The molecule has 0 aliphatic heterocycles. The molecule has 1 unspecified atom stereocenters. The molecule has 210 valence electrons. The second kappa shape index (κ2) is 19.3. The minimum absolute atomic E-state index is 0. The lowest BCUT2D eigenvalue weighted by molar-refractivity contribution is -0.909. The van der Waals surface area contributed by atoms with Crippen LogP contribution in [-0.2, 0) is 12.8 Å². The molecular formula is C31H51ClN2O3. The number of halogens is 1. The summed E-state index contributed by atoms with van der Waals surface area (Å²) < 4.78 is 0.867. The molecule has 3 N–H and O–H groups in total. The highest BCUT2D eigenvalue weighted by atomic mass is 35.5. The lowest BCUT2D eigenvalue weighted by Crippen LogP contribution is -3.00. The summed E-state index contributed by atoms with van der Waals surface area (Å²) in [6.07, 6.45) is 13.4. The van der Waals surface area contributed by atoms with Crippen molar-refractivity contribution >= 4 is 0 Å². The van der Waals surface area contributed by atoms with Crippen LogP contribution < -0.4 is 12.4 Å². The summed E-state index contributed by atoms with van der Waals surface area (Å²) in [6.45, 7) is 5.14. The van der Waals surface area contributed by atoms with Gasteiger partial charge in [0.05, 0.1) is 26.7 Å². The third kappa shape index (κ3) is 14.1. The van der Waals surface area contributed by atoms with E-state index in [2.05, 4.69) is 19.0 Å². The Morgan fingerprint density at radius 3 is 1.65 bits per heavy atom. The number of benzene rings is 2. The number of para-hydroxylation sites is 2. The number of hydrogen-bond acceptors (Lipinski definition) is 4. The molecule has 37 heavy (non-hydrogen) atoms. The Labute approximate surface area is 232 Å². The molecule has 1 atom stereocenters. The zero-order chi connectivity index (χ0) is 26.1. The standard InChI is InChI=1S/C31H50N2O3.ClH/c1-32(23-20-28-16-10-12-18-30(28)35)22-14-8-6-4-3-5-7-9-15-24-33(2,26-27-34)25-21-29-17-11-13-19-31(29)36;/h10-13,16-19,34H,3-9,14-15,20-27H2,1-2H3,(H-,35,36);1H. The van der Waals surface area contributed by atoms with Crippen molar-refractivity contribution in [3.8, 4) is 11.5 Å². The maximum atomic E-state index is 10.0. The predicted molar refractivity (Wildman–Crippen MR) is 151 cm³/mol. The van der Waals surface area contributed by atoms with Gasteiger partial charge in [0.1, 0.15) is 18.0 Å². The third-order valence-corrected chi connectivity index (χ3v) is 7.54. The number of aromatic hydroxyl groups is 2. The van der Waals surface area contributed by atoms with Gasteiger partial charge in [0.2, 0.25) is 0 Å². The van der Waals surface area contributed by atoms with E-state index in [0.717, 1.165) is 61.2 Å². The Morgan fingerprint density at radius 2 is 1.11 bits per heavy atom. The fourth-order valence-electron chi connectivity index (χ4n) is 4.95. The van der Waals surface area contributed by atoms with Crippen LogP contribution in [0.5, 0.6) is 11.5 Å². The van der Waals surface area contributed by atoms with Crippen LogP contribution in [0.15, 0.2) is 48.5 Å². The molecule has 2 aromatic rings. The highest BCUT2D eigenvalue weighted by Gasteiger charge is 2.21. The zero-order valence-electron chi connectivity index (χ0n) is 23.3. The Bertz CT molecular complexity index is 851. The van der Waals surface area contributed by atoms with E-state index >= 15 is 0 Å². The number of hydrogen-bond donors (Lipinski definition) is 3. The zero-order valence-corrected chi connectivity index (χ0v) is 24.0. The highest BCUT2D eigenvalue weighted by Crippen LogP contribution is 2.19. The van der Waals surface area contributed by atoms with Crippen molar-refractivity contribution in [2.75, 3.05) is 53.4 Å². The molecule has 5 nitrogen and oxygen atoms in total. The van der Waals surface area contributed by atoms with E-state index in [1.165, 1.54) is 57.8 Å². The van der Waals surface area contributed by atoms with E-state index in [1.54, 1.807) is 12.1 Å². The molecule has 0 spiro atoms. The molecule has 0 bridgehead atoms. The Morgan fingerprint density at radius 1 is 0.622 bits per heavy atom. The second-order valence-corrected chi connectivity index (χ2v) is 10.8. The number of nitrogens with zero attached hydrogens (tertiary/aromatic N) is 2. The third-order valence-electron chi connectivity index (χ3n) is 7.54. The Balaban J connectivity index is 0.00000684. The van der Waals surface area contributed by atoms with Gasteiger partial charge in [-0.25, -0.2) is 0 Å². The summed E-state index contributed by atoms with van der Waals surface area (Å²) in [5.41, 5.74) is 2.03. The van der Waals surface area contributed by atoms with Crippen molar-refractivity contribution in [1.82, 2.24) is 4.90 Å². The monoisotopic (exact) mass is 534 g/mol. The molecule has 2 rings (SSSR count).